The number of amides is 3. The van der Waals surface area contributed by atoms with Gasteiger partial charge in [-0.05, 0) is 0 Å². The van der Waals surface area contributed by atoms with Crippen molar-refractivity contribution in [1.29, 1.82) is 0 Å². The van der Waals surface area contributed by atoms with Crippen LogP contribution in [-0.2, 0) is 14.4 Å². The first kappa shape index (κ1) is 23.3. The normalized spacial score (nSPS) is 13.4. The molecule has 25 heavy (non-hydrogen) atoms. The number of urea groups is 1. The Balaban J connectivity index is 4.64. The van der Waals surface area contributed by atoms with Crippen LogP contribution < -0.4 is 21.7 Å². The minimum Gasteiger partial charge on any atom is -0.480 e. The number of carbonyl (C=O) groups excluding carboxylic acids is 2. The maximum Gasteiger partial charge on any atom is 0.322 e. The Hall–Kier alpha value is -1.66. The first-order valence-corrected chi connectivity index (χ1v) is 9.57. The topological polar surface area (TPSA) is 171 Å². The fourth-order valence-corrected chi connectivity index (χ4v) is 3.71. The van der Waals surface area contributed by atoms with Gasteiger partial charge in [-0.15, -0.1) is 0 Å². The van der Waals surface area contributed by atoms with Gasteiger partial charge in [0.25, 0.3) is 0 Å². The van der Waals surface area contributed by atoms with Crippen LogP contribution in [0.3, 0.4) is 0 Å². The number of nitrogens with one attached hydrogen (secondary N) is 3. The highest BCUT2D eigenvalue weighted by atomic mass is 33.1. The maximum absolute atomic E-state index is 12.0. The number of hydrogen-bond acceptors (Lipinski definition) is 7. The third kappa shape index (κ3) is 12.4. The Morgan fingerprint density at radius 2 is 1.72 bits per heavy atom. The van der Waals surface area contributed by atoms with E-state index in [2.05, 4.69) is 16.0 Å². The molecule has 0 bridgehead atoms. The van der Waals surface area contributed by atoms with Gasteiger partial charge in [-0.3, -0.25) is 14.4 Å². The number of rotatable bonds is 10. The first-order valence-electron chi connectivity index (χ1n) is 7.25. The largest absolute Gasteiger partial charge is 0.480 e. The van der Waals surface area contributed by atoms with Crippen LogP contribution in [0.4, 0.5) is 4.79 Å². The van der Waals surface area contributed by atoms with Crippen LogP contribution in [0.1, 0.15) is 20.8 Å². The summed E-state index contributed by atoms with van der Waals surface area (Å²) in [7, 11) is 2.85. The quantitative estimate of drug-likeness (QED) is 0.265. The molecule has 0 saturated heterocycles. The molecule has 10 nitrogen and oxygen atoms in total. The number of aliphatic carboxylic acids is 2. The van der Waals surface area contributed by atoms with Gasteiger partial charge in [0.05, 0.1) is 0 Å². The lowest BCUT2D eigenvalue weighted by Crippen LogP contribution is -2.53. The third-order valence-electron chi connectivity index (χ3n) is 2.38. The molecule has 0 unspecified atom stereocenters. The van der Waals surface area contributed by atoms with Crippen LogP contribution in [0.5, 0.6) is 0 Å². The fourth-order valence-electron chi connectivity index (χ4n) is 1.25. The van der Waals surface area contributed by atoms with E-state index in [1.54, 1.807) is 0 Å². The molecule has 0 aromatic rings. The smallest absolute Gasteiger partial charge is 0.322 e. The molecule has 0 radical (unpaired) electrons. The van der Waals surface area contributed by atoms with E-state index in [1.807, 2.05) is 20.8 Å². The fraction of sp³-hybridized carbons (Fsp3) is 0.692. The zero-order chi connectivity index (χ0) is 19.6. The summed E-state index contributed by atoms with van der Waals surface area (Å²) in [5.74, 6) is -2.93. The van der Waals surface area contributed by atoms with Crippen LogP contribution in [0, 0.1) is 0 Å². The summed E-state index contributed by atoms with van der Waals surface area (Å²) in [6, 6.07) is -3.02. The van der Waals surface area contributed by atoms with Gasteiger partial charge in [-0.2, -0.15) is 0 Å². The molecule has 144 valence electrons. The molecule has 0 aromatic carbocycles. The number of carboxylic acids is 2. The zero-order valence-corrected chi connectivity index (χ0v) is 15.8. The van der Waals surface area contributed by atoms with Crippen molar-refractivity contribution in [1.82, 2.24) is 16.0 Å². The number of carboxylic acid groups (broad SMARTS) is 2. The predicted octanol–water partition coefficient (Wildman–Crippen LogP) is -0.553. The Kier molecular flexibility index (Phi) is 10.3. The van der Waals surface area contributed by atoms with Gasteiger partial charge >= 0.3 is 18.0 Å². The molecule has 2 atom stereocenters. The van der Waals surface area contributed by atoms with Gasteiger partial charge in [0, 0.05) is 17.0 Å². The van der Waals surface area contributed by atoms with Gasteiger partial charge in [0.1, 0.15) is 18.6 Å². The van der Waals surface area contributed by atoms with Crippen LogP contribution in [0.2, 0.25) is 0 Å². The summed E-state index contributed by atoms with van der Waals surface area (Å²) in [5.41, 5.74) is 5.27. The molecule has 3 amide bonds. The first-order chi connectivity index (χ1) is 11.4. The number of hydrogen-bond donors (Lipinski definition) is 6. The van der Waals surface area contributed by atoms with Crippen molar-refractivity contribution in [3.8, 4) is 0 Å². The Labute approximate surface area is 153 Å². The van der Waals surface area contributed by atoms with E-state index < -0.39 is 42.5 Å². The molecule has 0 saturated carbocycles. The van der Waals surface area contributed by atoms with Gasteiger partial charge in [0.15, 0.2) is 0 Å². The average molecular weight is 396 g/mol. The lowest BCUT2D eigenvalue weighted by Gasteiger charge is -2.21. The Morgan fingerprint density at radius 1 is 1.12 bits per heavy atom. The minimum atomic E-state index is -1.27. The minimum absolute atomic E-state index is 0.0662. The zero-order valence-electron chi connectivity index (χ0n) is 14.2. The monoisotopic (exact) mass is 396 g/mol. The molecular formula is C13H24N4O6S2. The lowest BCUT2D eigenvalue weighted by atomic mass is 10.3. The molecule has 0 aromatic heterocycles. The molecule has 0 spiro atoms. The molecule has 7 N–H and O–H groups in total. The molecule has 0 rings (SSSR count). The highest BCUT2D eigenvalue weighted by Gasteiger charge is 2.23. The highest BCUT2D eigenvalue weighted by molar-refractivity contribution is 8.77. The molecule has 0 aliphatic carbocycles. The SMILES string of the molecule is CC(C)(C)SSC[C@H](NC(=O)NC[C@H](N)C(=O)O)C(=O)NCC(=O)O. The Bertz CT molecular complexity index is 497. The van der Waals surface area contributed by atoms with E-state index in [1.165, 1.54) is 21.6 Å². The summed E-state index contributed by atoms with van der Waals surface area (Å²) in [6.45, 7) is 5.07. The number of nitrogens with two attached hydrogens (primary N) is 1. The molecule has 0 aliphatic heterocycles. The average Bonchev–Trinajstić information content (AvgIpc) is 2.47. The summed E-state index contributed by atoms with van der Waals surface area (Å²) >= 11 is 0. The van der Waals surface area contributed by atoms with Gasteiger partial charge in [-0.25, -0.2) is 4.79 Å². The van der Waals surface area contributed by atoms with Crippen molar-refractivity contribution in [2.45, 2.75) is 37.6 Å². The molecule has 12 heteroatoms. The Morgan fingerprint density at radius 3 is 2.20 bits per heavy atom. The summed E-state index contributed by atoms with van der Waals surface area (Å²) in [6.07, 6.45) is 0. The van der Waals surface area contributed by atoms with Crippen LogP contribution in [-0.4, -0.2) is 69.8 Å². The van der Waals surface area contributed by atoms with E-state index in [0.717, 1.165) is 0 Å². The third-order valence-corrected chi connectivity index (χ3v) is 5.73. The van der Waals surface area contributed by atoms with Crippen molar-refractivity contribution < 1.29 is 29.4 Å². The van der Waals surface area contributed by atoms with Crippen molar-refractivity contribution in [2.75, 3.05) is 18.8 Å². The molecule has 0 heterocycles. The van der Waals surface area contributed by atoms with Crippen molar-refractivity contribution in [2.24, 2.45) is 5.73 Å². The second-order valence-electron chi connectivity index (χ2n) is 5.94. The summed E-state index contributed by atoms with van der Waals surface area (Å²) < 4.78 is -0.0662. The van der Waals surface area contributed by atoms with Gasteiger partial charge in [-0.1, -0.05) is 42.4 Å². The van der Waals surface area contributed by atoms with Gasteiger partial charge in [0.2, 0.25) is 5.91 Å². The van der Waals surface area contributed by atoms with E-state index in [-0.39, 0.29) is 17.0 Å². The van der Waals surface area contributed by atoms with Crippen molar-refractivity contribution in [3.63, 3.8) is 0 Å². The summed E-state index contributed by atoms with van der Waals surface area (Å²) in [5, 5.41) is 24.1. The maximum atomic E-state index is 12.0. The van der Waals surface area contributed by atoms with Crippen LogP contribution >= 0.6 is 21.6 Å². The number of carbonyl (C=O) groups is 4. The van der Waals surface area contributed by atoms with Crippen LogP contribution in [0.25, 0.3) is 0 Å². The molecule has 0 fully saturated rings. The standard InChI is InChI=1S/C13H24N4O6S2/c1-13(2,3)25-24-6-8(10(20)15-5-9(18)19)17-12(23)16-4-7(14)11(21)22/h7-8H,4-6,14H2,1-3H3,(H,15,20)(H,18,19)(H,21,22)(H2,16,17,23)/t7-,8-/m0/s1. The predicted molar refractivity (Wildman–Crippen MR) is 96.4 cm³/mol. The van der Waals surface area contributed by atoms with E-state index in [9.17, 15) is 19.2 Å². The molecule has 0 aliphatic rings. The van der Waals surface area contributed by atoms with Gasteiger partial charge < -0.3 is 31.9 Å². The summed E-state index contributed by atoms with van der Waals surface area (Å²) in [4.78, 5) is 45.0. The van der Waals surface area contributed by atoms with Crippen LogP contribution in [0.15, 0.2) is 0 Å². The van der Waals surface area contributed by atoms with E-state index in [4.69, 9.17) is 15.9 Å². The van der Waals surface area contributed by atoms with E-state index in [0.29, 0.717) is 0 Å². The highest BCUT2D eigenvalue weighted by Crippen LogP contribution is 2.35. The second-order valence-corrected chi connectivity index (χ2v) is 9.11. The molecular weight excluding hydrogens is 372 g/mol. The second kappa shape index (κ2) is 11.1. The lowest BCUT2D eigenvalue weighted by molar-refractivity contribution is -0.138. The van der Waals surface area contributed by atoms with Crippen molar-refractivity contribution in [3.05, 3.63) is 0 Å². The van der Waals surface area contributed by atoms with E-state index >= 15 is 0 Å². The van der Waals surface area contributed by atoms with Crippen molar-refractivity contribution >= 4 is 45.5 Å².